The number of furan rings is 1. The van der Waals surface area contributed by atoms with Crippen LogP contribution in [0.1, 0.15) is 29.2 Å². The van der Waals surface area contributed by atoms with Crippen molar-refractivity contribution in [1.29, 1.82) is 5.41 Å². The van der Waals surface area contributed by atoms with E-state index < -0.39 is 6.04 Å². The molecule has 0 radical (unpaired) electrons. The van der Waals surface area contributed by atoms with Gasteiger partial charge in [0.2, 0.25) is 0 Å². The highest BCUT2D eigenvalue weighted by Gasteiger charge is 2.34. The zero-order valence-corrected chi connectivity index (χ0v) is 14.5. The third kappa shape index (κ3) is 4.06. The molecule has 8 heteroatoms. The molecule has 2 N–H and O–H groups in total. The second-order valence-electron chi connectivity index (χ2n) is 5.77. The van der Waals surface area contributed by atoms with Crippen LogP contribution < -0.4 is 5.43 Å². The van der Waals surface area contributed by atoms with Crippen LogP contribution >= 0.6 is 11.6 Å². The first-order chi connectivity index (χ1) is 12.0. The molecule has 2 aromatic rings. The third-order valence-electron chi connectivity index (χ3n) is 3.94. The zero-order valence-electron chi connectivity index (χ0n) is 13.7. The Balaban J connectivity index is 1.64. The van der Waals surface area contributed by atoms with E-state index in [1.807, 2.05) is 0 Å². The normalized spacial score (nSPS) is 17.2. The van der Waals surface area contributed by atoms with Crippen molar-refractivity contribution < 1.29 is 9.21 Å². The van der Waals surface area contributed by atoms with Crippen molar-refractivity contribution in [3.8, 4) is 0 Å². The number of rotatable bonds is 4. The first-order valence-corrected chi connectivity index (χ1v) is 8.30. The van der Waals surface area contributed by atoms with E-state index in [0.29, 0.717) is 29.4 Å². The monoisotopic (exact) mass is 359 g/mol. The number of benzene rings is 1. The van der Waals surface area contributed by atoms with Gasteiger partial charge in [0.15, 0.2) is 11.6 Å². The smallest absolute Gasteiger partial charge is 0.290 e. The van der Waals surface area contributed by atoms with Gasteiger partial charge in [-0.2, -0.15) is 0 Å². The van der Waals surface area contributed by atoms with Gasteiger partial charge in [-0.05, 0) is 50.1 Å². The SMILES string of the molecule is Cc1ccc(C(=O)N2CCCC2C(=N)/N=N\Nc2cccc(Cl)c2)o1. The number of carbonyl (C=O) groups excluding carboxylic acids is 1. The molecule has 1 aliphatic heterocycles. The van der Waals surface area contributed by atoms with Crippen molar-refractivity contribution in [2.24, 2.45) is 10.3 Å². The lowest BCUT2D eigenvalue weighted by Gasteiger charge is -2.22. The maximum atomic E-state index is 12.5. The van der Waals surface area contributed by atoms with Gasteiger partial charge in [-0.15, -0.1) is 5.11 Å². The second-order valence-corrected chi connectivity index (χ2v) is 6.21. The van der Waals surface area contributed by atoms with Crippen LogP contribution in [0.5, 0.6) is 0 Å². The van der Waals surface area contributed by atoms with Gasteiger partial charge >= 0.3 is 0 Å². The molecular weight excluding hydrogens is 342 g/mol. The molecule has 7 nitrogen and oxygen atoms in total. The van der Waals surface area contributed by atoms with Crippen molar-refractivity contribution in [2.75, 3.05) is 12.0 Å². The lowest BCUT2D eigenvalue weighted by Crippen LogP contribution is -2.39. The predicted molar refractivity (Wildman–Crippen MR) is 95.2 cm³/mol. The van der Waals surface area contributed by atoms with Crippen LogP contribution in [-0.4, -0.2) is 29.2 Å². The van der Waals surface area contributed by atoms with Crippen LogP contribution in [-0.2, 0) is 0 Å². The summed E-state index contributed by atoms with van der Waals surface area (Å²) in [4.78, 5) is 14.2. The molecule has 0 saturated carbocycles. The number of hydrogen-bond donors (Lipinski definition) is 2. The fourth-order valence-electron chi connectivity index (χ4n) is 2.75. The van der Waals surface area contributed by atoms with E-state index in [-0.39, 0.29) is 17.5 Å². The Bertz CT molecular complexity index is 817. The van der Waals surface area contributed by atoms with E-state index in [4.69, 9.17) is 21.4 Å². The van der Waals surface area contributed by atoms with Crippen LogP contribution in [0.15, 0.2) is 51.2 Å². The summed E-state index contributed by atoms with van der Waals surface area (Å²) in [5.74, 6) is 0.771. The van der Waals surface area contributed by atoms with Gasteiger partial charge in [0.1, 0.15) is 5.76 Å². The number of nitrogens with one attached hydrogen (secondary N) is 2. The Morgan fingerprint density at radius 2 is 2.24 bits per heavy atom. The molecule has 1 unspecified atom stereocenters. The van der Waals surface area contributed by atoms with E-state index in [2.05, 4.69) is 15.8 Å². The van der Waals surface area contributed by atoms with Gasteiger partial charge in [-0.1, -0.05) is 22.9 Å². The van der Waals surface area contributed by atoms with Crippen LogP contribution in [0.2, 0.25) is 5.02 Å². The predicted octanol–water partition coefficient (Wildman–Crippen LogP) is 4.30. The van der Waals surface area contributed by atoms with Gasteiger partial charge in [-0.25, -0.2) is 0 Å². The van der Waals surface area contributed by atoms with Gasteiger partial charge < -0.3 is 9.32 Å². The zero-order chi connectivity index (χ0) is 17.8. The Morgan fingerprint density at radius 3 is 2.96 bits per heavy atom. The Hall–Kier alpha value is -2.67. The van der Waals surface area contributed by atoms with Gasteiger partial charge in [-0.3, -0.25) is 15.6 Å². The topological polar surface area (TPSA) is 94.0 Å². The summed E-state index contributed by atoms with van der Waals surface area (Å²) < 4.78 is 5.40. The van der Waals surface area contributed by atoms with Gasteiger partial charge in [0.05, 0.1) is 11.7 Å². The highest BCUT2D eigenvalue weighted by atomic mass is 35.5. The molecule has 1 atom stereocenters. The molecule has 1 amide bonds. The summed E-state index contributed by atoms with van der Waals surface area (Å²) in [6.07, 6.45) is 1.50. The largest absolute Gasteiger partial charge is 0.456 e. The fourth-order valence-corrected chi connectivity index (χ4v) is 2.94. The molecule has 0 spiro atoms. The Morgan fingerprint density at radius 1 is 1.40 bits per heavy atom. The molecule has 1 saturated heterocycles. The minimum absolute atomic E-state index is 0.0312. The molecule has 2 heterocycles. The molecule has 1 aliphatic rings. The van der Waals surface area contributed by atoms with Crippen LogP contribution in [0.3, 0.4) is 0 Å². The van der Waals surface area contributed by atoms with Crippen molar-refractivity contribution in [2.45, 2.75) is 25.8 Å². The molecule has 130 valence electrons. The van der Waals surface area contributed by atoms with Gasteiger partial charge in [0.25, 0.3) is 5.91 Å². The van der Waals surface area contributed by atoms with Crippen molar-refractivity contribution in [1.82, 2.24) is 4.90 Å². The number of likely N-dealkylation sites (tertiary alicyclic amines) is 1. The minimum atomic E-state index is -0.400. The Labute approximate surface area is 150 Å². The molecule has 3 rings (SSSR count). The number of aryl methyl sites for hydroxylation is 1. The molecule has 1 aromatic carbocycles. The molecular formula is C17H18ClN5O2. The van der Waals surface area contributed by atoms with E-state index in [1.54, 1.807) is 48.2 Å². The highest BCUT2D eigenvalue weighted by molar-refractivity contribution is 6.30. The van der Waals surface area contributed by atoms with E-state index in [9.17, 15) is 4.79 Å². The lowest BCUT2D eigenvalue weighted by molar-refractivity contribution is 0.0735. The second kappa shape index (κ2) is 7.48. The molecule has 1 fully saturated rings. The number of amides is 1. The summed E-state index contributed by atoms with van der Waals surface area (Å²) in [6, 6.07) is 10.0. The van der Waals surface area contributed by atoms with Crippen molar-refractivity contribution >= 4 is 29.0 Å². The summed E-state index contributed by atoms with van der Waals surface area (Å²) in [6.45, 7) is 2.36. The molecule has 1 aromatic heterocycles. The maximum absolute atomic E-state index is 12.5. The van der Waals surface area contributed by atoms with E-state index in [1.165, 1.54) is 0 Å². The first-order valence-electron chi connectivity index (χ1n) is 7.93. The van der Waals surface area contributed by atoms with E-state index >= 15 is 0 Å². The lowest BCUT2D eigenvalue weighted by atomic mass is 10.2. The first kappa shape index (κ1) is 17.2. The number of halogens is 1. The summed E-state index contributed by atoms with van der Waals surface area (Å²) >= 11 is 5.90. The fraction of sp³-hybridized carbons (Fsp3) is 0.294. The van der Waals surface area contributed by atoms with Crippen LogP contribution in [0.25, 0.3) is 0 Å². The van der Waals surface area contributed by atoms with Gasteiger partial charge in [0, 0.05) is 11.6 Å². The maximum Gasteiger partial charge on any atom is 0.290 e. The van der Waals surface area contributed by atoms with E-state index in [0.717, 1.165) is 6.42 Å². The van der Waals surface area contributed by atoms with Crippen LogP contribution in [0, 0.1) is 12.3 Å². The molecule has 25 heavy (non-hydrogen) atoms. The standard InChI is InChI=1S/C17H18ClN5O2/c1-11-7-8-15(25-11)17(24)23-9-3-6-14(23)16(19)21-22-20-13-5-2-4-12(18)10-13/h2,4-5,7-8,10,14H,3,6,9H2,1H3,(H2,19,20,21). The van der Waals surface area contributed by atoms with Crippen molar-refractivity contribution in [3.05, 3.63) is 52.9 Å². The third-order valence-corrected chi connectivity index (χ3v) is 4.18. The average molecular weight is 360 g/mol. The average Bonchev–Trinajstić information content (AvgIpc) is 3.23. The number of nitrogens with zero attached hydrogens (tertiary/aromatic N) is 3. The number of anilines is 1. The Kier molecular flexibility index (Phi) is 5.14. The summed E-state index contributed by atoms with van der Waals surface area (Å²) in [5, 5.41) is 16.4. The number of hydrogen-bond acceptors (Lipinski definition) is 4. The summed E-state index contributed by atoms with van der Waals surface area (Å²) in [5.41, 5.74) is 3.41. The highest BCUT2D eigenvalue weighted by Crippen LogP contribution is 2.22. The number of amidine groups is 1. The molecule has 0 aliphatic carbocycles. The van der Waals surface area contributed by atoms with Crippen LogP contribution in [0.4, 0.5) is 5.69 Å². The minimum Gasteiger partial charge on any atom is -0.456 e. The summed E-state index contributed by atoms with van der Waals surface area (Å²) in [7, 11) is 0. The number of carbonyl (C=O) groups is 1. The molecule has 0 bridgehead atoms. The quantitative estimate of drug-likeness (QED) is 0.368. The van der Waals surface area contributed by atoms with Crippen molar-refractivity contribution in [3.63, 3.8) is 0 Å².